The summed E-state index contributed by atoms with van der Waals surface area (Å²) in [6.45, 7) is 0.357. The van der Waals surface area contributed by atoms with Crippen LogP contribution in [0.15, 0.2) is 75.6 Å². The minimum Gasteiger partial charge on any atom is -0.350 e. The van der Waals surface area contributed by atoms with Gasteiger partial charge < -0.3 is 5.32 Å². The number of carbonyl (C=O) groups excluding carboxylic acids is 1. The van der Waals surface area contributed by atoms with E-state index < -0.39 is 11.1 Å². The van der Waals surface area contributed by atoms with Crippen LogP contribution in [0, 0.1) is 0 Å². The maximum Gasteiger partial charge on any atom is 0.317 e. The van der Waals surface area contributed by atoms with E-state index in [0.717, 1.165) is 10.4 Å². The van der Waals surface area contributed by atoms with Crippen LogP contribution in [0.25, 0.3) is 11.0 Å². The number of thiophene rings is 1. The second-order valence-corrected chi connectivity index (χ2v) is 8.23. The number of hydrogen-bond donors (Lipinski definition) is 1. The lowest BCUT2D eigenvalue weighted by Crippen LogP contribution is -2.44. The standard InChI is InChI=1S/C22H18ClN3O3S/c23-16-8-9-18-19(11-16)26(14-20(27)24-12-17-7-4-10-30-17)22(29)21(28)25(18)13-15-5-2-1-3-6-15/h1-11H,12-14H2,(H,24,27). The molecule has 152 valence electrons. The Morgan fingerprint density at radius 2 is 1.70 bits per heavy atom. The van der Waals surface area contributed by atoms with Crippen molar-refractivity contribution in [3.63, 3.8) is 0 Å². The van der Waals surface area contributed by atoms with Crippen LogP contribution in [0.5, 0.6) is 0 Å². The van der Waals surface area contributed by atoms with E-state index >= 15 is 0 Å². The summed E-state index contributed by atoms with van der Waals surface area (Å²) in [5.74, 6) is -0.355. The number of nitrogens with zero attached hydrogens (tertiary/aromatic N) is 2. The number of rotatable bonds is 6. The van der Waals surface area contributed by atoms with E-state index in [1.165, 1.54) is 20.5 Å². The number of benzene rings is 2. The zero-order valence-corrected chi connectivity index (χ0v) is 17.4. The lowest BCUT2D eigenvalue weighted by Gasteiger charge is -2.15. The zero-order valence-electron chi connectivity index (χ0n) is 15.9. The molecule has 0 aliphatic heterocycles. The minimum atomic E-state index is -0.757. The molecule has 4 aromatic rings. The molecule has 2 heterocycles. The summed E-state index contributed by atoms with van der Waals surface area (Å²) in [6, 6.07) is 18.2. The van der Waals surface area contributed by atoms with Crippen molar-refractivity contribution in [3.05, 3.63) is 102 Å². The number of fused-ring (bicyclic) bond motifs is 1. The first-order valence-corrected chi connectivity index (χ1v) is 10.5. The summed E-state index contributed by atoms with van der Waals surface area (Å²) >= 11 is 7.69. The fraction of sp³-hybridized carbons (Fsp3) is 0.136. The summed E-state index contributed by atoms with van der Waals surface area (Å²) in [7, 11) is 0. The molecular weight excluding hydrogens is 422 g/mol. The van der Waals surface area contributed by atoms with Gasteiger partial charge in [0.25, 0.3) is 0 Å². The number of aromatic nitrogens is 2. The molecular formula is C22H18ClN3O3S. The Labute approximate surface area is 181 Å². The molecule has 2 aromatic heterocycles. The molecule has 30 heavy (non-hydrogen) atoms. The summed E-state index contributed by atoms with van der Waals surface area (Å²) in [5, 5.41) is 5.12. The fourth-order valence-electron chi connectivity index (χ4n) is 3.27. The fourth-order valence-corrected chi connectivity index (χ4v) is 4.08. The Kier molecular flexibility index (Phi) is 5.83. The second-order valence-electron chi connectivity index (χ2n) is 6.76. The average Bonchev–Trinajstić information content (AvgIpc) is 3.27. The zero-order chi connectivity index (χ0) is 21.1. The SMILES string of the molecule is O=C(Cn1c(=O)c(=O)n(Cc2ccccc2)c2ccc(Cl)cc21)NCc1cccs1. The summed E-state index contributed by atoms with van der Waals surface area (Å²) in [5.41, 5.74) is 0.432. The molecule has 0 fully saturated rings. The van der Waals surface area contributed by atoms with Gasteiger partial charge in [-0.2, -0.15) is 0 Å². The third-order valence-electron chi connectivity index (χ3n) is 4.72. The first kappa shape index (κ1) is 20.1. The first-order valence-electron chi connectivity index (χ1n) is 9.29. The number of hydrogen-bond acceptors (Lipinski definition) is 4. The van der Waals surface area contributed by atoms with Crippen molar-refractivity contribution >= 4 is 39.9 Å². The van der Waals surface area contributed by atoms with E-state index in [-0.39, 0.29) is 19.0 Å². The quantitative estimate of drug-likeness (QED) is 0.469. The molecule has 2 aromatic carbocycles. The summed E-state index contributed by atoms with van der Waals surface area (Å²) in [4.78, 5) is 39.2. The van der Waals surface area contributed by atoms with Crippen molar-refractivity contribution in [2.45, 2.75) is 19.6 Å². The predicted molar refractivity (Wildman–Crippen MR) is 119 cm³/mol. The maximum atomic E-state index is 12.9. The van der Waals surface area contributed by atoms with E-state index in [1.54, 1.807) is 18.2 Å². The largest absolute Gasteiger partial charge is 0.350 e. The van der Waals surface area contributed by atoms with Crippen molar-refractivity contribution in [3.8, 4) is 0 Å². The van der Waals surface area contributed by atoms with Gasteiger partial charge in [-0.05, 0) is 35.2 Å². The van der Waals surface area contributed by atoms with Gasteiger partial charge in [0.2, 0.25) is 5.91 Å². The number of halogens is 1. The molecule has 1 N–H and O–H groups in total. The molecule has 1 amide bonds. The van der Waals surface area contributed by atoms with Crippen LogP contribution in [0.3, 0.4) is 0 Å². The van der Waals surface area contributed by atoms with Gasteiger partial charge in [-0.1, -0.05) is 48.0 Å². The van der Waals surface area contributed by atoms with Gasteiger partial charge in [0.1, 0.15) is 6.54 Å². The van der Waals surface area contributed by atoms with Gasteiger partial charge in [0.05, 0.1) is 24.1 Å². The summed E-state index contributed by atoms with van der Waals surface area (Å²) in [6.07, 6.45) is 0. The molecule has 8 heteroatoms. The number of nitrogens with one attached hydrogen (secondary N) is 1. The van der Waals surface area contributed by atoms with Gasteiger partial charge in [-0.15, -0.1) is 11.3 Å². The molecule has 0 saturated carbocycles. The number of carbonyl (C=O) groups is 1. The third-order valence-corrected chi connectivity index (χ3v) is 5.83. The van der Waals surface area contributed by atoms with Crippen molar-refractivity contribution < 1.29 is 4.79 Å². The van der Waals surface area contributed by atoms with E-state index in [1.807, 2.05) is 47.8 Å². The highest BCUT2D eigenvalue weighted by atomic mass is 35.5. The molecule has 0 atom stereocenters. The Morgan fingerprint density at radius 3 is 2.43 bits per heavy atom. The lowest BCUT2D eigenvalue weighted by molar-refractivity contribution is -0.121. The molecule has 6 nitrogen and oxygen atoms in total. The van der Waals surface area contributed by atoms with Gasteiger partial charge in [0.15, 0.2) is 0 Å². The molecule has 4 rings (SSSR count). The van der Waals surface area contributed by atoms with Crippen LogP contribution in [-0.2, 0) is 24.4 Å². The molecule has 0 unspecified atom stereocenters. The van der Waals surface area contributed by atoms with E-state index in [4.69, 9.17) is 11.6 Å². The maximum absolute atomic E-state index is 12.9. The van der Waals surface area contributed by atoms with Crippen molar-refractivity contribution in [1.82, 2.24) is 14.5 Å². The van der Waals surface area contributed by atoms with E-state index in [0.29, 0.717) is 22.6 Å². The van der Waals surface area contributed by atoms with Crippen LogP contribution >= 0.6 is 22.9 Å². The van der Waals surface area contributed by atoms with Crippen molar-refractivity contribution in [1.29, 1.82) is 0 Å². The molecule has 0 aliphatic rings. The Bertz CT molecular complexity index is 1310. The molecule has 0 radical (unpaired) electrons. The van der Waals surface area contributed by atoms with Gasteiger partial charge >= 0.3 is 11.1 Å². The highest BCUT2D eigenvalue weighted by Crippen LogP contribution is 2.18. The molecule has 0 saturated heterocycles. The average molecular weight is 440 g/mol. The molecule has 0 aliphatic carbocycles. The topological polar surface area (TPSA) is 73.1 Å². The molecule has 0 spiro atoms. The van der Waals surface area contributed by atoms with E-state index in [9.17, 15) is 14.4 Å². The van der Waals surface area contributed by atoms with Crippen molar-refractivity contribution in [2.24, 2.45) is 0 Å². The third kappa shape index (κ3) is 4.22. The van der Waals surface area contributed by atoms with Crippen LogP contribution in [0.4, 0.5) is 0 Å². The monoisotopic (exact) mass is 439 g/mol. The normalized spacial score (nSPS) is 11.0. The Balaban J connectivity index is 1.73. The van der Waals surface area contributed by atoms with Gasteiger partial charge in [-0.3, -0.25) is 23.5 Å². The van der Waals surface area contributed by atoms with Crippen LogP contribution in [-0.4, -0.2) is 15.0 Å². The van der Waals surface area contributed by atoms with Gasteiger partial charge in [0, 0.05) is 9.90 Å². The van der Waals surface area contributed by atoms with Crippen LogP contribution in [0.1, 0.15) is 10.4 Å². The molecule has 0 bridgehead atoms. The van der Waals surface area contributed by atoms with Crippen LogP contribution < -0.4 is 16.4 Å². The Hall–Kier alpha value is -3.16. The Morgan fingerprint density at radius 1 is 0.933 bits per heavy atom. The second kappa shape index (κ2) is 8.69. The predicted octanol–water partition coefficient (Wildman–Crippen LogP) is 3.24. The highest BCUT2D eigenvalue weighted by Gasteiger charge is 2.16. The van der Waals surface area contributed by atoms with Crippen molar-refractivity contribution in [2.75, 3.05) is 0 Å². The van der Waals surface area contributed by atoms with Gasteiger partial charge in [-0.25, -0.2) is 0 Å². The first-order chi connectivity index (χ1) is 14.5. The highest BCUT2D eigenvalue weighted by molar-refractivity contribution is 7.09. The van der Waals surface area contributed by atoms with Crippen LogP contribution in [0.2, 0.25) is 5.02 Å². The minimum absolute atomic E-state index is 0.248. The summed E-state index contributed by atoms with van der Waals surface area (Å²) < 4.78 is 2.61. The lowest BCUT2D eigenvalue weighted by atomic mass is 10.2. The number of amides is 1. The smallest absolute Gasteiger partial charge is 0.317 e. The van der Waals surface area contributed by atoms with E-state index in [2.05, 4.69) is 5.32 Å².